The Hall–Kier alpha value is -0.970. The Kier molecular flexibility index (Phi) is 5.52. The van der Waals surface area contributed by atoms with Crippen LogP contribution >= 0.6 is 27.5 Å². The Balaban J connectivity index is 2.42. The molecule has 0 saturated carbocycles. The highest BCUT2D eigenvalue weighted by molar-refractivity contribution is 9.10. The van der Waals surface area contributed by atoms with Crippen molar-refractivity contribution in [1.82, 2.24) is 5.32 Å². The van der Waals surface area contributed by atoms with E-state index in [-0.39, 0.29) is 6.04 Å². The zero-order valence-corrected chi connectivity index (χ0v) is 13.8. The Morgan fingerprint density at radius 3 is 2.75 bits per heavy atom. The molecule has 1 atom stereocenters. The molecule has 0 bridgehead atoms. The van der Waals surface area contributed by atoms with Crippen LogP contribution in [-0.4, -0.2) is 13.7 Å². The molecule has 3 nitrogen and oxygen atoms in total. The van der Waals surface area contributed by atoms with Crippen LogP contribution in [0.25, 0.3) is 0 Å². The SMILES string of the molecule is CCCNC(c1ccc(Cl)o1)c1cc(Br)ccc1OC. The quantitative estimate of drug-likeness (QED) is 0.806. The Labute approximate surface area is 132 Å². The van der Waals surface area contributed by atoms with Crippen LogP contribution in [-0.2, 0) is 0 Å². The standard InChI is InChI=1S/C15H17BrClNO2/c1-3-8-18-15(13-6-7-14(17)20-13)11-9-10(16)4-5-12(11)19-2/h4-7,9,15,18H,3,8H2,1-2H3. The van der Waals surface area contributed by atoms with Crippen molar-refractivity contribution in [3.05, 3.63) is 51.3 Å². The number of nitrogens with one attached hydrogen (secondary N) is 1. The van der Waals surface area contributed by atoms with E-state index in [9.17, 15) is 0 Å². The first kappa shape index (κ1) is 15.4. The molecule has 2 aromatic rings. The van der Waals surface area contributed by atoms with Crippen LogP contribution in [0.3, 0.4) is 0 Å². The molecule has 0 saturated heterocycles. The smallest absolute Gasteiger partial charge is 0.193 e. The molecule has 5 heteroatoms. The second kappa shape index (κ2) is 7.16. The summed E-state index contributed by atoms with van der Waals surface area (Å²) in [6.45, 7) is 3.00. The number of halogens is 2. The predicted octanol–water partition coefficient (Wildman–Crippen LogP) is 4.79. The molecule has 0 amide bonds. The van der Waals surface area contributed by atoms with Gasteiger partial charge in [-0.25, -0.2) is 0 Å². The van der Waals surface area contributed by atoms with Gasteiger partial charge in [0, 0.05) is 10.0 Å². The lowest BCUT2D eigenvalue weighted by molar-refractivity contribution is 0.392. The van der Waals surface area contributed by atoms with Crippen molar-refractivity contribution < 1.29 is 9.15 Å². The highest BCUT2D eigenvalue weighted by Crippen LogP contribution is 2.33. The van der Waals surface area contributed by atoms with Gasteiger partial charge in [-0.1, -0.05) is 22.9 Å². The van der Waals surface area contributed by atoms with Gasteiger partial charge in [-0.2, -0.15) is 0 Å². The molecule has 1 N–H and O–H groups in total. The lowest BCUT2D eigenvalue weighted by Crippen LogP contribution is -2.23. The van der Waals surface area contributed by atoms with Gasteiger partial charge in [-0.15, -0.1) is 0 Å². The third-order valence-electron chi connectivity index (χ3n) is 2.98. The molecule has 0 spiro atoms. The fourth-order valence-electron chi connectivity index (χ4n) is 2.07. The number of methoxy groups -OCH3 is 1. The van der Waals surface area contributed by atoms with Gasteiger partial charge in [-0.05, 0) is 54.9 Å². The maximum atomic E-state index is 5.90. The molecule has 0 aliphatic heterocycles. The number of furan rings is 1. The van der Waals surface area contributed by atoms with E-state index in [1.54, 1.807) is 13.2 Å². The fourth-order valence-corrected chi connectivity index (χ4v) is 2.60. The number of benzene rings is 1. The Bertz CT molecular complexity index is 571. The van der Waals surface area contributed by atoms with Crippen LogP contribution in [0, 0.1) is 0 Å². The average Bonchev–Trinajstić information content (AvgIpc) is 2.86. The van der Waals surface area contributed by atoms with Gasteiger partial charge in [0.25, 0.3) is 0 Å². The first-order valence-electron chi connectivity index (χ1n) is 6.47. The van der Waals surface area contributed by atoms with Crippen LogP contribution in [0.1, 0.15) is 30.7 Å². The highest BCUT2D eigenvalue weighted by Gasteiger charge is 2.21. The summed E-state index contributed by atoms with van der Waals surface area (Å²) >= 11 is 9.40. The maximum absolute atomic E-state index is 5.90. The molecule has 1 unspecified atom stereocenters. The number of ether oxygens (including phenoxy) is 1. The Morgan fingerprint density at radius 2 is 2.15 bits per heavy atom. The van der Waals surface area contributed by atoms with E-state index in [0.29, 0.717) is 5.22 Å². The minimum atomic E-state index is -0.0881. The molecule has 1 aromatic heterocycles. The minimum Gasteiger partial charge on any atom is -0.496 e. The molecular formula is C15H17BrClNO2. The van der Waals surface area contributed by atoms with Crippen molar-refractivity contribution in [3.63, 3.8) is 0 Å². The normalized spacial score (nSPS) is 12.4. The van der Waals surface area contributed by atoms with Crippen LogP contribution in [0.2, 0.25) is 5.22 Å². The van der Waals surface area contributed by atoms with E-state index in [4.69, 9.17) is 20.8 Å². The molecule has 20 heavy (non-hydrogen) atoms. The molecule has 108 valence electrons. The number of rotatable bonds is 6. The van der Waals surface area contributed by atoms with E-state index in [1.807, 2.05) is 24.3 Å². The molecular weight excluding hydrogens is 342 g/mol. The minimum absolute atomic E-state index is 0.0881. The van der Waals surface area contributed by atoms with Crippen LogP contribution < -0.4 is 10.1 Å². The predicted molar refractivity (Wildman–Crippen MR) is 84.5 cm³/mol. The summed E-state index contributed by atoms with van der Waals surface area (Å²) < 4.78 is 12.0. The van der Waals surface area contributed by atoms with E-state index in [1.165, 1.54) is 0 Å². The molecule has 0 fully saturated rings. The molecule has 2 rings (SSSR count). The van der Waals surface area contributed by atoms with Crippen molar-refractivity contribution in [2.75, 3.05) is 13.7 Å². The largest absolute Gasteiger partial charge is 0.496 e. The lowest BCUT2D eigenvalue weighted by Gasteiger charge is -2.19. The second-order valence-electron chi connectivity index (χ2n) is 4.42. The fraction of sp³-hybridized carbons (Fsp3) is 0.333. The zero-order valence-electron chi connectivity index (χ0n) is 11.5. The van der Waals surface area contributed by atoms with Gasteiger partial charge >= 0.3 is 0 Å². The monoisotopic (exact) mass is 357 g/mol. The molecule has 0 aliphatic rings. The average molecular weight is 359 g/mol. The summed E-state index contributed by atoms with van der Waals surface area (Å²) in [5, 5.41) is 3.85. The topological polar surface area (TPSA) is 34.4 Å². The number of hydrogen-bond acceptors (Lipinski definition) is 3. The van der Waals surface area contributed by atoms with Crippen molar-refractivity contribution in [1.29, 1.82) is 0 Å². The summed E-state index contributed by atoms with van der Waals surface area (Å²) in [6.07, 6.45) is 1.03. The van der Waals surface area contributed by atoms with E-state index in [0.717, 1.165) is 34.5 Å². The summed E-state index contributed by atoms with van der Waals surface area (Å²) in [7, 11) is 1.67. The Morgan fingerprint density at radius 1 is 1.35 bits per heavy atom. The van der Waals surface area contributed by atoms with Crippen molar-refractivity contribution in [2.24, 2.45) is 0 Å². The summed E-state index contributed by atoms with van der Waals surface area (Å²) in [5.41, 5.74) is 1.02. The van der Waals surface area contributed by atoms with Gasteiger partial charge in [0.1, 0.15) is 11.5 Å². The van der Waals surface area contributed by atoms with E-state index >= 15 is 0 Å². The number of hydrogen-bond donors (Lipinski definition) is 1. The van der Waals surface area contributed by atoms with Gasteiger partial charge < -0.3 is 14.5 Å². The van der Waals surface area contributed by atoms with E-state index < -0.39 is 0 Å². The van der Waals surface area contributed by atoms with Crippen LogP contribution in [0.4, 0.5) is 0 Å². The van der Waals surface area contributed by atoms with Gasteiger partial charge in [0.2, 0.25) is 0 Å². The van der Waals surface area contributed by atoms with Crippen molar-refractivity contribution >= 4 is 27.5 Å². The molecule has 1 heterocycles. The lowest BCUT2D eigenvalue weighted by atomic mass is 10.0. The molecule has 1 aromatic carbocycles. The third-order valence-corrected chi connectivity index (χ3v) is 3.68. The van der Waals surface area contributed by atoms with Gasteiger partial charge in [0.15, 0.2) is 5.22 Å². The zero-order chi connectivity index (χ0) is 14.5. The van der Waals surface area contributed by atoms with Gasteiger partial charge in [-0.3, -0.25) is 0 Å². The van der Waals surface area contributed by atoms with Crippen molar-refractivity contribution in [3.8, 4) is 5.75 Å². The third kappa shape index (κ3) is 3.57. The van der Waals surface area contributed by atoms with Crippen molar-refractivity contribution in [2.45, 2.75) is 19.4 Å². The van der Waals surface area contributed by atoms with Crippen LogP contribution in [0.15, 0.2) is 39.2 Å². The van der Waals surface area contributed by atoms with E-state index in [2.05, 4.69) is 28.2 Å². The molecule has 0 radical (unpaired) electrons. The summed E-state index contributed by atoms with van der Waals surface area (Å²) in [6, 6.07) is 9.47. The summed E-state index contributed by atoms with van der Waals surface area (Å²) in [4.78, 5) is 0. The van der Waals surface area contributed by atoms with Crippen LogP contribution in [0.5, 0.6) is 5.75 Å². The highest BCUT2D eigenvalue weighted by atomic mass is 79.9. The second-order valence-corrected chi connectivity index (χ2v) is 5.70. The molecule has 0 aliphatic carbocycles. The first-order valence-corrected chi connectivity index (χ1v) is 7.64. The first-order chi connectivity index (χ1) is 9.65. The summed E-state index contributed by atoms with van der Waals surface area (Å²) in [5.74, 6) is 1.59. The maximum Gasteiger partial charge on any atom is 0.193 e. The van der Waals surface area contributed by atoms with Gasteiger partial charge in [0.05, 0.1) is 13.2 Å².